The second-order valence-electron chi connectivity index (χ2n) is 5.90. The molecule has 1 fully saturated rings. The normalized spacial score (nSPS) is 15.2. The van der Waals surface area contributed by atoms with Crippen LogP contribution in [0.25, 0.3) is 0 Å². The van der Waals surface area contributed by atoms with Crippen molar-refractivity contribution < 1.29 is 4.79 Å². The van der Waals surface area contributed by atoms with E-state index in [0.717, 1.165) is 36.4 Å². The smallest absolute Gasteiger partial charge is 0.255 e. The molecule has 5 heteroatoms. The Hall–Kier alpha value is -1.82. The average Bonchev–Trinajstić information content (AvgIpc) is 2.64. The predicted octanol–water partition coefficient (Wildman–Crippen LogP) is 2.95. The van der Waals surface area contributed by atoms with Crippen LogP contribution in [0.4, 0.5) is 5.69 Å². The highest BCUT2D eigenvalue weighted by Gasteiger charge is 2.14. The highest BCUT2D eigenvalue weighted by Crippen LogP contribution is 2.20. The third kappa shape index (κ3) is 4.38. The first-order chi connectivity index (χ1) is 11.8. The Morgan fingerprint density at radius 3 is 2.50 bits per heavy atom. The van der Waals surface area contributed by atoms with Gasteiger partial charge < -0.3 is 11.1 Å². The van der Waals surface area contributed by atoms with Crippen LogP contribution in [0.2, 0.25) is 0 Å². The largest absolute Gasteiger partial charge is 0.326 e. The molecule has 0 aliphatic carbocycles. The molecule has 24 heavy (non-hydrogen) atoms. The zero-order valence-electron chi connectivity index (χ0n) is 13.7. The van der Waals surface area contributed by atoms with Gasteiger partial charge in [0, 0.05) is 48.9 Å². The van der Waals surface area contributed by atoms with Crippen molar-refractivity contribution in [1.29, 1.82) is 0 Å². The molecule has 2 aromatic carbocycles. The van der Waals surface area contributed by atoms with Crippen molar-refractivity contribution in [2.75, 3.05) is 29.9 Å². The Bertz CT molecular complexity index is 681. The fourth-order valence-electron chi connectivity index (χ4n) is 2.77. The summed E-state index contributed by atoms with van der Waals surface area (Å²) in [6.07, 6.45) is 0. The van der Waals surface area contributed by atoms with Crippen molar-refractivity contribution in [2.24, 2.45) is 5.73 Å². The molecule has 3 rings (SSSR count). The fraction of sp³-hybridized carbons (Fsp3) is 0.316. The first kappa shape index (κ1) is 17.0. The van der Waals surface area contributed by atoms with E-state index in [1.807, 2.05) is 54.2 Å². The summed E-state index contributed by atoms with van der Waals surface area (Å²) in [6, 6.07) is 15.5. The van der Waals surface area contributed by atoms with E-state index in [1.165, 1.54) is 11.5 Å². The van der Waals surface area contributed by atoms with E-state index >= 15 is 0 Å². The third-order valence-corrected chi connectivity index (χ3v) is 5.16. The number of nitrogens with one attached hydrogen (secondary N) is 1. The molecule has 1 aliphatic heterocycles. The lowest BCUT2D eigenvalue weighted by Gasteiger charge is -2.27. The fourth-order valence-corrected chi connectivity index (χ4v) is 3.75. The summed E-state index contributed by atoms with van der Waals surface area (Å²) in [7, 11) is 0. The number of thioether (sulfide) groups is 1. The van der Waals surface area contributed by atoms with Gasteiger partial charge in [-0.15, -0.1) is 0 Å². The molecule has 0 radical (unpaired) electrons. The lowest BCUT2D eigenvalue weighted by atomic mass is 10.1. The molecule has 2 aromatic rings. The number of carbonyl (C=O) groups is 1. The van der Waals surface area contributed by atoms with Crippen molar-refractivity contribution in [3.63, 3.8) is 0 Å². The van der Waals surface area contributed by atoms with Gasteiger partial charge in [-0.2, -0.15) is 11.8 Å². The molecule has 0 aromatic heterocycles. The van der Waals surface area contributed by atoms with Crippen molar-refractivity contribution in [3.8, 4) is 0 Å². The van der Waals surface area contributed by atoms with Crippen LogP contribution < -0.4 is 11.1 Å². The highest BCUT2D eigenvalue weighted by molar-refractivity contribution is 7.99. The second kappa shape index (κ2) is 8.33. The molecule has 126 valence electrons. The van der Waals surface area contributed by atoms with Gasteiger partial charge in [0.15, 0.2) is 0 Å². The lowest BCUT2D eigenvalue weighted by molar-refractivity contribution is 0.102. The highest BCUT2D eigenvalue weighted by atomic mass is 32.2. The van der Waals surface area contributed by atoms with Crippen molar-refractivity contribution >= 4 is 23.4 Å². The molecule has 0 unspecified atom stereocenters. The topological polar surface area (TPSA) is 58.4 Å². The Morgan fingerprint density at radius 1 is 1.08 bits per heavy atom. The van der Waals surface area contributed by atoms with Gasteiger partial charge in [0.2, 0.25) is 0 Å². The standard InChI is InChI=1S/C19H23N3OS/c20-13-15-5-7-16(8-6-15)19(23)21-18-4-2-1-3-17(18)14-22-9-11-24-12-10-22/h1-8H,9-14,20H2,(H,21,23). The Balaban J connectivity index is 1.70. The molecule has 0 atom stereocenters. The molecule has 1 saturated heterocycles. The number of hydrogen-bond donors (Lipinski definition) is 2. The maximum atomic E-state index is 12.5. The summed E-state index contributed by atoms with van der Waals surface area (Å²) in [5.74, 6) is 2.28. The molecular formula is C19H23N3OS. The van der Waals surface area contributed by atoms with Crippen LogP contribution >= 0.6 is 11.8 Å². The predicted molar refractivity (Wildman–Crippen MR) is 101 cm³/mol. The maximum absolute atomic E-state index is 12.5. The quantitative estimate of drug-likeness (QED) is 0.878. The summed E-state index contributed by atoms with van der Waals surface area (Å²) in [4.78, 5) is 14.9. The van der Waals surface area contributed by atoms with Crippen molar-refractivity contribution in [1.82, 2.24) is 4.90 Å². The van der Waals surface area contributed by atoms with E-state index in [9.17, 15) is 4.79 Å². The zero-order chi connectivity index (χ0) is 16.8. The van der Waals surface area contributed by atoms with Gasteiger partial charge in [-0.3, -0.25) is 9.69 Å². The minimum atomic E-state index is -0.0831. The SMILES string of the molecule is NCc1ccc(C(=O)Nc2ccccc2CN2CCSCC2)cc1. The first-order valence-electron chi connectivity index (χ1n) is 8.24. The third-order valence-electron chi connectivity index (χ3n) is 4.22. The van der Waals surface area contributed by atoms with Gasteiger partial charge in [0.1, 0.15) is 0 Å². The van der Waals surface area contributed by atoms with E-state index in [-0.39, 0.29) is 5.91 Å². The van der Waals surface area contributed by atoms with Crippen LogP contribution in [-0.4, -0.2) is 35.4 Å². The summed E-state index contributed by atoms with van der Waals surface area (Å²) < 4.78 is 0. The van der Waals surface area contributed by atoms with Gasteiger partial charge in [-0.25, -0.2) is 0 Å². The number of nitrogens with two attached hydrogens (primary N) is 1. The van der Waals surface area contributed by atoms with E-state index in [0.29, 0.717) is 12.1 Å². The lowest BCUT2D eigenvalue weighted by Crippen LogP contribution is -2.32. The van der Waals surface area contributed by atoms with Crippen LogP contribution in [0.1, 0.15) is 21.5 Å². The zero-order valence-corrected chi connectivity index (χ0v) is 14.5. The summed E-state index contributed by atoms with van der Waals surface area (Å²) in [6.45, 7) is 3.57. The molecule has 3 N–H and O–H groups in total. The molecule has 4 nitrogen and oxygen atoms in total. The molecule has 1 aliphatic rings. The maximum Gasteiger partial charge on any atom is 0.255 e. The van der Waals surface area contributed by atoms with Gasteiger partial charge >= 0.3 is 0 Å². The van der Waals surface area contributed by atoms with Gasteiger partial charge in [0.05, 0.1) is 0 Å². The number of anilines is 1. The molecular weight excluding hydrogens is 318 g/mol. The van der Waals surface area contributed by atoms with Crippen LogP contribution in [0, 0.1) is 0 Å². The van der Waals surface area contributed by atoms with Crippen LogP contribution in [0.5, 0.6) is 0 Å². The second-order valence-corrected chi connectivity index (χ2v) is 7.13. The number of para-hydroxylation sites is 1. The monoisotopic (exact) mass is 341 g/mol. The number of nitrogens with zero attached hydrogens (tertiary/aromatic N) is 1. The molecule has 1 amide bonds. The van der Waals surface area contributed by atoms with Crippen LogP contribution in [0.3, 0.4) is 0 Å². The molecule has 0 spiro atoms. The van der Waals surface area contributed by atoms with Gasteiger partial charge in [-0.05, 0) is 29.3 Å². The van der Waals surface area contributed by atoms with Gasteiger partial charge in [-0.1, -0.05) is 30.3 Å². The molecule has 0 bridgehead atoms. The summed E-state index contributed by atoms with van der Waals surface area (Å²) >= 11 is 2.00. The Labute approximate surface area is 147 Å². The van der Waals surface area contributed by atoms with Crippen molar-refractivity contribution in [2.45, 2.75) is 13.1 Å². The first-order valence-corrected chi connectivity index (χ1v) is 9.40. The Kier molecular flexibility index (Phi) is 5.91. The Morgan fingerprint density at radius 2 is 1.79 bits per heavy atom. The number of amides is 1. The van der Waals surface area contributed by atoms with E-state index in [1.54, 1.807) is 0 Å². The summed E-state index contributed by atoms with van der Waals surface area (Å²) in [5.41, 5.74) is 9.33. The molecule has 1 heterocycles. The van der Waals surface area contributed by atoms with Crippen LogP contribution in [-0.2, 0) is 13.1 Å². The van der Waals surface area contributed by atoms with E-state index < -0.39 is 0 Å². The number of carbonyl (C=O) groups excluding carboxylic acids is 1. The van der Waals surface area contributed by atoms with Gasteiger partial charge in [0.25, 0.3) is 5.91 Å². The molecule has 0 saturated carbocycles. The van der Waals surface area contributed by atoms with Crippen LogP contribution in [0.15, 0.2) is 48.5 Å². The average molecular weight is 341 g/mol. The van der Waals surface area contributed by atoms with Crippen molar-refractivity contribution in [3.05, 3.63) is 65.2 Å². The number of rotatable bonds is 5. The minimum absolute atomic E-state index is 0.0831. The van der Waals surface area contributed by atoms with E-state index in [2.05, 4.69) is 16.3 Å². The minimum Gasteiger partial charge on any atom is -0.326 e. The summed E-state index contributed by atoms with van der Waals surface area (Å²) in [5, 5.41) is 3.05. The number of benzene rings is 2. The van der Waals surface area contributed by atoms with E-state index in [4.69, 9.17) is 5.73 Å². The number of hydrogen-bond acceptors (Lipinski definition) is 4.